The first-order chi connectivity index (χ1) is 12.1. The van der Waals surface area contributed by atoms with Crippen LogP contribution in [0.5, 0.6) is 0 Å². The summed E-state index contributed by atoms with van der Waals surface area (Å²) in [7, 11) is -3.91. The molecular weight excluding hydrogens is 362 g/mol. The van der Waals surface area contributed by atoms with Crippen molar-refractivity contribution in [1.82, 2.24) is 0 Å². The highest BCUT2D eigenvalue weighted by Crippen LogP contribution is 2.30. The molecule has 0 bridgehead atoms. The maximum atomic E-state index is 12.1. The molecule has 2 rings (SSSR count). The smallest absolute Gasteiger partial charge is 0.414 e. The molecule has 0 unspecified atom stereocenters. The molecule has 26 heavy (non-hydrogen) atoms. The topological polar surface area (TPSA) is 121 Å². The van der Waals surface area contributed by atoms with Crippen molar-refractivity contribution >= 4 is 27.6 Å². The van der Waals surface area contributed by atoms with Crippen molar-refractivity contribution in [2.45, 2.75) is 24.2 Å². The van der Waals surface area contributed by atoms with E-state index in [0.29, 0.717) is 11.3 Å². The summed E-state index contributed by atoms with van der Waals surface area (Å²) in [6.45, 7) is 0.888. The Balaban J connectivity index is 2.17. The highest BCUT2D eigenvalue weighted by molar-refractivity contribution is 7.92. The number of ether oxygens (including phenoxy) is 1. The first-order valence-electron chi connectivity index (χ1n) is 7.69. The second-order valence-electron chi connectivity index (χ2n) is 6.14. The summed E-state index contributed by atoms with van der Waals surface area (Å²) in [6.07, 6.45) is -1.04. The second kappa shape index (κ2) is 7.35. The fourth-order valence-corrected chi connectivity index (χ4v) is 3.34. The van der Waals surface area contributed by atoms with Crippen molar-refractivity contribution in [1.29, 1.82) is 0 Å². The highest BCUT2D eigenvalue weighted by Gasteiger charge is 2.48. The van der Waals surface area contributed by atoms with Gasteiger partial charge in [-0.1, -0.05) is 11.8 Å². The van der Waals surface area contributed by atoms with Gasteiger partial charge in [-0.2, -0.15) is 0 Å². The minimum absolute atomic E-state index is 0.0406. The van der Waals surface area contributed by atoms with Crippen LogP contribution in [0.1, 0.15) is 18.9 Å². The Morgan fingerprint density at radius 2 is 2.00 bits per heavy atom. The Labute approximate surface area is 151 Å². The average molecular weight is 381 g/mol. The number of aliphatic hydroxyl groups is 1. The summed E-state index contributed by atoms with van der Waals surface area (Å²) >= 11 is 0. The number of hydrogen-bond acceptors (Lipinski definition) is 6. The van der Waals surface area contributed by atoms with Gasteiger partial charge in [-0.05, 0) is 31.2 Å². The third-order valence-corrected chi connectivity index (χ3v) is 6.23. The fraction of sp³-hybridized carbons (Fsp3) is 0.412. The number of sulfone groups is 1. The van der Waals surface area contributed by atoms with Gasteiger partial charge in [0.05, 0.1) is 6.54 Å². The summed E-state index contributed by atoms with van der Waals surface area (Å²) < 4.78 is 26.9. The lowest BCUT2D eigenvalue weighted by Crippen LogP contribution is -2.46. The molecule has 9 heteroatoms. The van der Waals surface area contributed by atoms with Gasteiger partial charge in [0, 0.05) is 23.9 Å². The molecule has 0 saturated carbocycles. The maximum absolute atomic E-state index is 12.1. The molecule has 1 heterocycles. The zero-order valence-electron chi connectivity index (χ0n) is 14.3. The Morgan fingerprint density at radius 3 is 2.50 bits per heavy atom. The van der Waals surface area contributed by atoms with E-state index in [1.807, 2.05) is 0 Å². The number of rotatable bonds is 5. The molecule has 1 saturated heterocycles. The van der Waals surface area contributed by atoms with E-state index in [9.17, 15) is 23.1 Å². The van der Waals surface area contributed by atoms with E-state index in [-0.39, 0.29) is 19.6 Å². The van der Waals surface area contributed by atoms with Crippen LogP contribution in [0.4, 0.5) is 10.5 Å². The monoisotopic (exact) mass is 381 g/mol. The number of aliphatic hydroxyl groups excluding tert-OH is 1. The third-order valence-electron chi connectivity index (χ3n) is 4.25. The molecule has 1 aromatic carbocycles. The van der Waals surface area contributed by atoms with Gasteiger partial charge in [-0.15, -0.1) is 0 Å². The van der Waals surface area contributed by atoms with Crippen LogP contribution < -0.4 is 4.90 Å². The van der Waals surface area contributed by atoms with Gasteiger partial charge in [-0.3, -0.25) is 9.69 Å². The van der Waals surface area contributed by atoms with Crippen LogP contribution in [0.25, 0.3) is 0 Å². The number of anilines is 1. The SMILES string of the molecule is C[C@@](C[C@H]1CN(c2ccc(C#CCO)cc2)C(=O)O1)(C(=O)O)S(C)(=O)=O. The normalized spacial score (nSPS) is 19.3. The molecule has 1 aliphatic rings. The zero-order chi connectivity index (χ0) is 19.5. The van der Waals surface area contributed by atoms with Crippen molar-refractivity contribution in [3.8, 4) is 11.8 Å². The van der Waals surface area contributed by atoms with Crippen molar-refractivity contribution in [2.75, 3.05) is 24.3 Å². The van der Waals surface area contributed by atoms with Crippen LogP contribution in [0.3, 0.4) is 0 Å². The highest BCUT2D eigenvalue weighted by atomic mass is 32.2. The van der Waals surface area contributed by atoms with Crippen molar-refractivity contribution in [2.24, 2.45) is 0 Å². The number of aliphatic carboxylic acids is 1. The van der Waals surface area contributed by atoms with Crippen LogP contribution in [-0.4, -0.2) is 61.0 Å². The molecule has 140 valence electrons. The first-order valence-corrected chi connectivity index (χ1v) is 9.58. The largest absolute Gasteiger partial charge is 0.480 e. The number of carbonyl (C=O) groups is 2. The molecule has 1 fully saturated rings. The van der Waals surface area contributed by atoms with Gasteiger partial charge in [0.15, 0.2) is 14.6 Å². The van der Waals surface area contributed by atoms with Gasteiger partial charge >= 0.3 is 12.1 Å². The quantitative estimate of drug-likeness (QED) is 0.718. The van der Waals surface area contributed by atoms with Gasteiger partial charge in [-0.25, -0.2) is 13.2 Å². The van der Waals surface area contributed by atoms with E-state index < -0.39 is 32.8 Å². The van der Waals surface area contributed by atoms with Gasteiger partial charge in [0.25, 0.3) is 0 Å². The molecular formula is C17H19NO7S. The molecule has 0 aromatic heterocycles. The maximum Gasteiger partial charge on any atom is 0.414 e. The first kappa shape index (κ1) is 19.8. The number of carboxylic acids is 1. The Morgan fingerprint density at radius 1 is 1.38 bits per heavy atom. The van der Waals surface area contributed by atoms with E-state index in [1.54, 1.807) is 24.3 Å². The van der Waals surface area contributed by atoms with Gasteiger partial charge < -0.3 is 14.9 Å². The summed E-state index contributed by atoms with van der Waals surface area (Å²) in [5.41, 5.74) is 1.17. The average Bonchev–Trinajstić information content (AvgIpc) is 2.92. The predicted molar refractivity (Wildman–Crippen MR) is 93.5 cm³/mol. The molecule has 1 aromatic rings. The van der Waals surface area contributed by atoms with Crippen LogP contribution in [-0.2, 0) is 19.4 Å². The number of hydrogen-bond donors (Lipinski definition) is 2. The van der Waals surface area contributed by atoms with Crippen LogP contribution in [0, 0.1) is 11.8 Å². The van der Waals surface area contributed by atoms with E-state index in [2.05, 4.69) is 11.8 Å². The number of carboxylic acid groups (broad SMARTS) is 1. The molecule has 0 radical (unpaired) electrons. The van der Waals surface area contributed by atoms with Crippen molar-refractivity contribution < 1.29 is 33.0 Å². The number of benzene rings is 1. The summed E-state index contributed by atoms with van der Waals surface area (Å²) in [5.74, 6) is 3.75. The molecule has 1 amide bonds. The van der Waals surface area contributed by atoms with E-state index >= 15 is 0 Å². The molecule has 2 atom stereocenters. The number of amides is 1. The van der Waals surface area contributed by atoms with Gasteiger partial charge in [0.1, 0.15) is 12.7 Å². The fourth-order valence-electron chi connectivity index (χ4n) is 2.54. The number of nitrogens with zero attached hydrogens (tertiary/aromatic N) is 1. The summed E-state index contributed by atoms with van der Waals surface area (Å²) in [6, 6.07) is 6.60. The molecule has 0 aliphatic carbocycles. The predicted octanol–water partition coefficient (Wildman–Crippen LogP) is 0.634. The zero-order valence-corrected chi connectivity index (χ0v) is 15.1. The van der Waals surface area contributed by atoms with Crippen LogP contribution >= 0.6 is 0 Å². The molecule has 8 nitrogen and oxygen atoms in total. The summed E-state index contributed by atoms with van der Waals surface area (Å²) in [4.78, 5) is 24.8. The lowest BCUT2D eigenvalue weighted by atomic mass is 10.0. The van der Waals surface area contributed by atoms with Crippen molar-refractivity contribution in [3.05, 3.63) is 29.8 Å². The Hall–Kier alpha value is -2.57. The lowest BCUT2D eigenvalue weighted by Gasteiger charge is -2.24. The minimum Gasteiger partial charge on any atom is -0.480 e. The minimum atomic E-state index is -3.91. The van der Waals surface area contributed by atoms with E-state index in [4.69, 9.17) is 9.84 Å². The number of carbonyl (C=O) groups excluding carboxylic acids is 1. The van der Waals surface area contributed by atoms with Gasteiger partial charge in [0.2, 0.25) is 0 Å². The van der Waals surface area contributed by atoms with Crippen molar-refractivity contribution in [3.63, 3.8) is 0 Å². The Bertz CT molecular complexity index is 867. The standard InChI is InChI=1S/C17H19NO7S/c1-17(15(20)21,26(2,23)24)10-14-11-18(16(22)25-14)13-7-5-12(6-8-13)4-3-9-19/h5-8,14,19H,9-11H2,1-2H3,(H,20,21)/t14-,17+/m0/s1. The Kier molecular flexibility index (Phi) is 5.59. The summed E-state index contributed by atoms with van der Waals surface area (Å²) in [5, 5.41) is 18.0. The second-order valence-corrected chi connectivity index (χ2v) is 8.58. The van der Waals surface area contributed by atoms with E-state index in [1.165, 1.54) is 4.90 Å². The third kappa shape index (κ3) is 3.98. The number of cyclic esters (lactones) is 1. The van der Waals surface area contributed by atoms with E-state index in [0.717, 1.165) is 13.2 Å². The van der Waals surface area contributed by atoms with Crippen LogP contribution in [0.15, 0.2) is 24.3 Å². The molecule has 2 N–H and O–H groups in total. The van der Waals surface area contributed by atoms with Crippen LogP contribution in [0.2, 0.25) is 0 Å². The molecule has 1 aliphatic heterocycles. The molecule has 0 spiro atoms. The lowest BCUT2D eigenvalue weighted by molar-refractivity contribution is -0.140.